The van der Waals surface area contributed by atoms with Crippen LogP contribution in [-0.2, 0) is 4.74 Å². The van der Waals surface area contributed by atoms with E-state index in [9.17, 15) is 18.8 Å². The summed E-state index contributed by atoms with van der Waals surface area (Å²) in [5, 5.41) is 0. The molecule has 7 heteroatoms. The number of halogens is 1. The minimum atomic E-state index is -0.584. The Hall–Kier alpha value is -2.96. The molecular weight excluding hydrogens is 365 g/mol. The fraction of sp³-hybridized carbons (Fsp3) is 0.381. The Morgan fingerprint density at radius 2 is 1.89 bits per heavy atom. The van der Waals surface area contributed by atoms with Gasteiger partial charge < -0.3 is 14.5 Å². The Morgan fingerprint density at radius 3 is 2.57 bits per heavy atom. The fourth-order valence-electron chi connectivity index (χ4n) is 3.75. The van der Waals surface area contributed by atoms with Crippen LogP contribution in [0.1, 0.15) is 74.2 Å². The molecule has 1 aromatic heterocycles. The zero-order valence-electron chi connectivity index (χ0n) is 16.3. The van der Waals surface area contributed by atoms with E-state index in [0.717, 1.165) is 0 Å². The van der Waals surface area contributed by atoms with E-state index in [1.165, 1.54) is 12.1 Å². The van der Waals surface area contributed by atoms with E-state index in [4.69, 9.17) is 9.47 Å². The summed E-state index contributed by atoms with van der Waals surface area (Å²) in [7, 11) is 0. The van der Waals surface area contributed by atoms with Crippen molar-refractivity contribution >= 4 is 17.5 Å². The maximum absolute atomic E-state index is 14.1. The van der Waals surface area contributed by atoms with E-state index in [0.29, 0.717) is 17.0 Å². The Bertz CT molecular complexity index is 976. The Morgan fingerprint density at radius 1 is 1.21 bits per heavy atom. The number of carbonyl (C=O) groups is 3. The number of fused-ring (bicyclic) bond motifs is 1. The lowest BCUT2D eigenvalue weighted by Crippen LogP contribution is -2.18. The van der Waals surface area contributed by atoms with Crippen molar-refractivity contribution in [2.75, 3.05) is 13.2 Å². The molecule has 0 fully saturated rings. The van der Waals surface area contributed by atoms with Crippen LogP contribution in [-0.4, -0.2) is 35.7 Å². The lowest BCUT2D eigenvalue weighted by Gasteiger charge is -2.12. The highest BCUT2D eigenvalue weighted by Gasteiger charge is 2.33. The quantitative estimate of drug-likeness (QED) is 0.600. The molecule has 0 spiro atoms. The van der Waals surface area contributed by atoms with E-state index >= 15 is 0 Å². The molecule has 1 aromatic carbocycles. The first-order valence-electron chi connectivity index (χ1n) is 9.14. The second-order valence-electron chi connectivity index (χ2n) is 6.92. The van der Waals surface area contributed by atoms with Gasteiger partial charge in [0.15, 0.2) is 12.4 Å². The van der Waals surface area contributed by atoms with Crippen LogP contribution in [0.15, 0.2) is 12.1 Å². The lowest BCUT2D eigenvalue weighted by molar-refractivity contribution is 0.0522. The zero-order valence-corrected chi connectivity index (χ0v) is 16.3. The highest BCUT2D eigenvalue weighted by atomic mass is 19.1. The molecule has 1 aliphatic rings. The molecule has 0 bridgehead atoms. The summed E-state index contributed by atoms with van der Waals surface area (Å²) in [6, 6.07) is 2.60. The number of carbonyl (C=O) groups excluding carboxylic acids is 3. The minimum Gasteiger partial charge on any atom is -0.485 e. The summed E-state index contributed by atoms with van der Waals surface area (Å²) >= 11 is 0. The van der Waals surface area contributed by atoms with Crippen LogP contribution in [0.2, 0.25) is 0 Å². The van der Waals surface area contributed by atoms with Crippen molar-refractivity contribution in [1.29, 1.82) is 0 Å². The summed E-state index contributed by atoms with van der Waals surface area (Å²) in [5.74, 6) is -1.71. The summed E-state index contributed by atoms with van der Waals surface area (Å²) in [6.07, 6.45) is 0.212. The number of rotatable bonds is 6. The molecule has 6 nitrogen and oxygen atoms in total. The van der Waals surface area contributed by atoms with Crippen LogP contribution in [0.4, 0.5) is 4.39 Å². The molecule has 1 N–H and O–H groups in total. The summed E-state index contributed by atoms with van der Waals surface area (Å²) in [4.78, 5) is 40.2. The van der Waals surface area contributed by atoms with Crippen molar-refractivity contribution in [2.24, 2.45) is 0 Å². The largest absolute Gasteiger partial charge is 0.485 e. The predicted molar refractivity (Wildman–Crippen MR) is 99.8 cm³/mol. The number of aromatic nitrogens is 1. The molecule has 3 rings (SSSR count). The molecule has 0 saturated carbocycles. The van der Waals surface area contributed by atoms with Gasteiger partial charge in [-0.3, -0.25) is 9.59 Å². The molecule has 1 aliphatic carbocycles. The number of hydrogen-bond donors (Lipinski definition) is 1. The zero-order chi connectivity index (χ0) is 20.6. The molecule has 1 atom stereocenters. The van der Waals surface area contributed by atoms with Gasteiger partial charge in [-0.15, -0.1) is 0 Å². The second kappa shape index (κ2) is 7.58. The lowest BCUT2D eigenvalue weighted by atomic mass is 10.0. The van der Waals surface area contributed by atoms with Gasteiger partial charge in [-0.25, -0.2) is 9.18 Å². The number of aromatic amines is 1. The van der Waals surface area contributed by atoms with Crippen molar-refractivity contribution < 1.29 is 28.2 Å². The number of H-pyrrole nitrogens is 1. The van der Waals surface area contributed by atoms with E-state index in [-0.39, 0.29) is 53.8 Å². The van der Waals surface area contributed by atoms with Gasteiger partial charge in [0.05, 0.1) is 23.3 Å². The highest BCUT2D eigenvalue weighted by molar-refractivity contribution is 6.09. The topological polar surface area (TPSA) is 85.5 Å². The maximum Gasteiger partial charge on any atom is 0.340 e. The maximum atomic E-state index is 14.1. The van der Waals surface area contributed by atoms with Crippen molar-refractivity contribution in [3.63, 3.8) is 0 Å². The first-order valence-corrected chi connectivity index (χ1v) is 9.14. The van der Waals surface area contributed by atoms with Gasteiger partial charge in [0, 0.05) is 23.4 Å². The number of ether oxygens (including phenoxy) is 2. The Labute approximate surface area is 162 Å². The van der Waals surface area contributed by atoms with E-state index in [1.807, 2.05) is 0 Å². The number of hydrogen-bond acceptors (Lipinski definition) is 5. The molecule has 0 saturated heterocycles. The molecule has 0 unspecified atom stereocenters. The van der Waals surface area contributed by atoms with Crippen molar-refractivity contribution in [1.82, 2.24) is 4.98 Å². The predicted octanol–water partition coefficient (Wildman–Crippen LogP) is 3.90. The Kier molecular flexibility index (Phi) is 5.36. The average Bonchev–Trinajstić information content (AvgIpc) is 3.10. The van der Waals surface area contributed by atoms with Gasteiger partial charge in [0.1, 0.15) is 11.6 Å². The molecular formula is C21H22FNO5. The van der Waals surface area contributed by atoms with Gasteiger partial charge in [-0.2, -0.15) is 0 Å². The standard InChI is InChI=1S/C21H22FNO5/c1-5-27-21(26)19-12(4)23-11(3)18(19)15(25)9-28-16-7-6-13(22)17-10(2)8-14(24)20(16)17/h6-7,10,23H,5,8-9H2,1-4H3/t10-/m1/s1. The number of esters is 1. The minimum absolute atomic E-state index is 0.182. The number of nitrogens with one attached hydrogen (secondary N) is 1. The summed E-state index contributed by atoms with van der Waals surface area (Å²) in [6.45, 7) is 6.64. The van der Waals surface area contributed by atoms with Crippen molar-refractivity contribution in [3.05, 3.63) is 51.6 Å². The number of Topliss-reactive ketones (excluding diaryl/α,β-unsaturated/α-hetero) is 2. The normalized spacial score (nSPS) is 15.5. The molecule has 148 valence electrons. The molecule has 0 amide bonds. The van der Waals surface area contributed by atoms with Gasteiger partial charge in [-0.05, 0) is 38.8 Å². The number of ketones is 2. The van der Waals surface area contributed by atoms with E-state index in [2.05, 4.69) is 4.98 Å². The van der Waals surface area contributed by atoms with E-state index in [1.54, 1.807) is 27.7 Å². The van der Waals surface area contributed by atoms with Gasteiger partial charge in [0.2, 0.25) is 5.78 Å². The molecule has 0 aliphatic heterocycles. The summed E-state index contributed by atoms with van der Waals surface area (Å²) in [5.41, 5.74) is 1.98. The molecule has 2 aromatic rings. The van der Waals surface area contributed by atoms with Crippen molar-refractivity contribution in [2.45, 2.75) is 40.0 Å². The third-order valence-corrected chi connectivity index (χ3v) is 4.91. The third-order valence-electron chi connectivity index (χ3n) is 4.91. The van der Waals surface area contributed by atoms with Crippen molar-refractivity contribution in [3.8, 4) is 5.75 Å². The van der Waals surface area contributed by atoms with Crippen LogP contribution in [0.3, 0.4) is 0 Å². The average molecular weight is 387 g/mol. The monoisotopic (exact) mass is 387 g/mol. The smallest absolute Gasteiger partial charge is 0.340 e. The van der Waals surface area contributed by atoms with Crippen LogP contribution < -0.4 is 4.74 Å². The number of benzene rings is 1. The second-order valence-corrected chi connectivity index (χ2v) is 6.92. The third kappa shape index (κ3) is 3.32. The SMILES string of the molecule is CCOC(=O)c1c(C)[nH]c(C)c1C(=O)COc1ccc(F)c2c1C(=O)C[C@H]2C. The first kappa shape index (κ1) is 19.8. The van der Waals surface area contributed by atoms with E-state index < -0.39 is 17.6 Å². The highest BCUT2D eigenvalue weighted by Crippen LogP contribution is 2.39. The fourth-order valence-corrected chi connectivity index (χ4v) is 3.75. The Balaban J connectivity index is 1.87. The van der Waals surface area contributed by atoms with Gasteiger partial charge in [0.25, 0.3) is 0 Å². The van der Waals surface area contributed by atoms with Crippen LogP contribution in [0, 0.1) is 19.7 Å². The molecule has 0 radical (unpaired) electrons. The van der Waals surface area contributed by atoms with Crippen LogP contribution >= 0.6 is 0 Å². The molecule has 1 heterocycles. The summed E-state index contributed by atoms with van der Waals surface area (Å²) < 4.78 is 24.7. The molecule has 28 heavy (non-hydrogen) atoms. The first-order chi connectivity index (χ1) is 13.3. The van der Waals surface area contributed by atoms with Crippen LogP contribution in [0.25, 0.3) is 0 Å². The van der Waals surface area contributed by atoms with Gasteiger partial charge in [-0.1, -0.05) is 6.92 Å². The number of aryl methyl sites for hydroxylation is 2. The van der Waals surface area contributed by atoms with Gasteiger partial charge >= 0.3 is 5.97 Å². The van der Waals surface area contributed by atoms with Crippen LogP contribution in [0.5, 0.6) is 5.75 Å².